The molecule has 3 fully saturated rings. The lowest BCUT2D eigenvalue weighted by Crippen LogP contribution is -2.60. The van der Waals surface area contributed by atoms with Gasteiger partial charge in [0.25, 0.3) is 0 Å². The first-order chi connectivity index (χ1) is 18.4. The van der Waals surface area contributed by atoms with E-state index in [-0.39, 0.29) is 64.3 Å². The van der Waals surface area contributed by atoms with E-state index >= 15 is 0 Å². The van der Waals surface area contributed by atoms with E-state index in [0.29, 0.717) is 0 Å². The summed E-state index contributed by atoms with van der Waals surface area (Å²) >= 11 is 0. The Balaban J connectivity index is 1.82. The van der Waals surface area contributed by atoms with Crippen LogP contribution in [0.5, 0.6) is 0 Å². The highest BCUT2D eigenvalue weighted by Gasteiger charge is 2.65. The first-order valence-electron chi connectivity index (χ1n) is 15.2. The molecule has 0 heterocycles. The summed E-state index contributed by atoms with van der Waals surface area (Å²) in [7, 11) is 0. The molecule has 6 nitrogen and oxygen atoms in total. The number of carbonyl (C=O) groups excluding carboxylic acids is 3. The number of ketones is 2. The van der Waals surface area contributed by atoms with Gasteiger partial charge < -0.3 is 10.4 Å². The third-order valence-electron chi connectivity index (χ3n) is 12.3. The van der Waals surface area contributed by atoms with Crippen LogP contribution in [0.15, 0.2) is 23.3 Å². The van der Waals surface area contributed by atoms with E-state index in [1.54, 1.807) is 6.92 Å². The zero-order chi connectivity index (χ0) is 29.9. The average molecular weight is 551 g/mol. The number of hydrogen-bond acceptors (Lipinski definition) is 5. The van der Waals surface area contributed by atoms with Crippen molar-refractivity contribution in [1.29, 1.82) is 5.26 Å². The zero-order valence-corrected chi connectivity index (χ0v) is 26.0. The quantitative estimate of drug-likeness (QED) is 0.403. The van der Waals surface area contributed by atoms with Crippen LogP contribution in [0.25, 0.3) is 0 Å². The van der Waals surface area contributed by atoms with Crippen LogP contribution >= 0.6 is 0 Å². The second kappa shape index (κ2) is 9.93. The second-order valence-electron chi connectivity index (χ2n) is 15.6. The number of amides is 1. The Bertz CT molecular complexity index is 1200. The Labute approximate surface area is 241 Å². The van der Waals surface area contributed by atoms with Gasteiger partial charge in [-0.05, 0) is 92.4 Å². The van der Waals surface area contributed by atoms with Gasteiger partial charge in [0, 0.05) is 17.4 Å². The van der Waals surface area contributed by atoms with Gasteiger partial charge in [-0.25, -0.2) is 0 Å². The number of Topliss-reactive ketones (excluding diaryl/α,β-unsaturated/α-hetero) is 1. The molecule has 6 heteroatoms. The van der Waals surface area contributed by atoms with Crippen LogP contribution in [0, 0.1) is 55.7 Å². The number of aliphatic hydroxyl groups excluding tert-OH is 1. The molecule has 4 aliphatic rings. The molecule has 2 N–H and O–H groups in total. The third kappa shape index (κ3) is 4.52. The maximum atomic E-state index is 13.7. The van der Waals surface area contributed by atoms with E-state index in [1.165, 1.54) is 0 Å². The minimum absolute atomic E-state index is 0.00701. The van der Waals surface area contributed by atoms with Gasteiger partial charge in [-0.2, -0.15) is 5.26 Å². The minimum Gasteiger partial charge on any atom is -0.395 e. The van der Waals surface area contributed by atoms with Gasteiger partial charge in [0.2, 0.25) is 5.91 Å². The van der Waals surface area contributed by atoms with Crippen LogP contribution in [-0.4, -0.2) is 35.7 Å². The molecule has 40 heavy (non-hydrogen) atoms. The van der Waals surface area contributed by atoms with Crippen molar-refractivity contribution in [3.05, 3.63) is 23.3 Å². The highest BCUT2D eigenvalue weighted by atomic mass is 16.3. The number of hydrogen-bond donors (Lipinski definition) is 2. The van der Waals surface area contributed by atoms with Crippen molar-refractivity contribution in [3.63, 3.8) is 0 Å². The lowest BCUT2D eigenvalue weighted by atomic mass is 9.38. The summed E-state index contributed by atoms with van der Waals surface area (Å²) in [6, 6.07) is 2.18. The van der Waals surface area contributed by atoms with Crippen LogP contribution in [0.4, 0.5) is 0 Å². The average Bonchev–Trinajstić information content (AvgIpc) is 2.86. The SMILES string of the molecule is CC(=O)/C=C1/[C@@]2(C)C=C(C#N)C(=O)C(C)(C)[C@@H]2CC[C@@]1(C)[C@]1(C)CC[C@@]2(C(=O)NCCO)CCC(C)(C)CC2C1. The van der Waals surface area contributed by atoms with Crippen LogP contribution in [-0.2, 0) is 14.4 Å². The van der Waals surface area contributed by atoms with E-state index < -0.39 is 16.2 Å². The maximum Gasteiger partial charge on any atom is 0.226 e. The van der Waals surface area contributed by atoms with Gasteiger partial charge in [-0.1, -0.05) is 60.1 Å². The fourth-order valence-electron chi connectivity index (χ4n) is 9.77. The Morgan fingerprint density at radius 3 is 2.30 bits per heavy atom. The van der Waals surface area contributed by atoms with Crippen molar-refractivity contribution >= 4 is 17.5 Å². The molecule has 4 rings (SSSR count). The standard InChI is InChI=1S/C34H50N2O4/c1-22(38)17-26-32(7)18-23(21-35)27(39)30(4,5)25(32)9-10-33(26,8)31(6)12-14-34(28(40)36-15-16-37)13-11-29(2,3)19-24(34)20-31/h17-18,24-25,37H,9-16,19-20H2,1-8H3,(H,36,40)/b26-17-/t24?,25-,31+,32-,33+,34-/m0/s1. The van der Waals surface area contributed by atoms with Crippen molar-refractivity contribution < 1.29 is 19.5 Å². The molecule has 1 amide bonds. The third-order valence-corrected chi connectivity index (χ3v) is 12.3. The predicted molar refractivity (Wildman–Crippen MR) is 156 cm³/mol. The smallest absolute Gasteiger partial charge is 0.226 e. The van der Waals surface area contributed by atoms with Gasteiger partial charge in [0.1, 0.15) is 6.07 Å². The lowest BCUT2D eigenvalue weighted by Gasteiger charge is -2.65. The molecule has 0 aliphatic heterocycles. The van der Waals surface area contributed by atoms with E-state index in [4.69, 9.17) is 0 Å². The largest absolute Gasteiger partial charge is 0.395 e. The first kappa shape index (κ1) is 30.7. The Hall–Kier alpha value is -2.26. The van der Waals surface area contributed by atoms with Crippen LogP contribution in [0.2, 0.25) is 0 Å². The molecule has 6 atom stereocenters. The van der Waals surface area contributed by atoms with Crippen molar-refractivity contribution in [1.82, 2.24) is 5.32 Å². The summed E-state index contributed by atoms with van der Waals surface area (Å²) in [5.74, 6) is 0.158. The maximum absolute atomic E-state index is 13.7. The van der Waals surface area contributed by atoms with Crippen molar-refractivity contribution in [2.24, 2.45) is 44.3 Å². The summed E-state index contributed by atoms with van der Waals surface area (Å²) < 4.78 is 0. The highest BCUT2D eigenvalue weighted by molar-refractivity contribution is 6.04. The van der Waals surface area contributed by atoms with Crippen LogP contribution < -0.4 is 5.32 Å². The number of aliphatic hydroxyl groups is 1. The fourth-order valence-corrected chi connectivity index (χ4v) is 9.77. The lowest BCUT2D eigenvalue weighted by molar-refractivity contribution is -0.153. The summed E-state index contributed by atoms with van der Waals surface area (Å²) in [6.45, 7) is 17.1. The molecule has 0 aromatic rings. The van der Waals surface area contributed by atoms with E-state index in [0.717, 1.165) is 56.9 Å². The molecular weight excluding hydrogens is 500 g/mol. The number of nitriles is 1. The van der Waals surface area contributed by atoms with Gasteiger partial charge in [-0.15, -0.1) is 0 Å². The second-order valence-corrected chi connectivity index (χ2v) is 15.6. The fraction of sp³-hybridized carbons (Fsp3) is 0.765. The molecule has 0 aromatic heterocycles. The molecule has 0 radical (unpaired) electrons. The van der Waals surface area contributed by atoms with Gasteiger partial charge in [-0.3, -0.25) is 14.4 Å². The molecule has 0 bridgehead atoms. The highest BCUT2D eigenvalue weighted by Crippen LogP contribution is 2.71. The van der Waals surface area contributed by atoms with Crippen LogP contribution in [0.3, 0.4) is 0 Å². The molecule has 1 unspecified atom stereocenters. The zero-order valence-electron chi connectivity index (χ0n) is 26.0. The summed E-state index contributed by atoms with van der Waals surface area (Å²) in [5.41, 5.74) is -0.851. The number of nitrogens with one attached hydrogen (secondary N) is 1. The predicted octanol–water partition coefficient (Wildman–Crippen LogP) is 6.09. The Kier molecular flexibility index (Phi) is 7.62. The molecule has 0 aromatic carbocycles. The van der Waals surface area contributed by atoms with E-state index in [9.17, 15) is 24.8 Å². The summed E-state index contributed by atoms with van der Waals surface area (Å²) in [5, 5.41) is 22.4. The number of allylic oxidation sites excluding steroid dienone is 4. The minimum atomic E-state index is -0.702. The number of rotatable bonds is 5. The Morgan fingerprint density at radius 2 is 1.70 bits per heavy atom. The normalized spacial score (nSPS) is 41.2. The first-order valence-corrected chi connectivity index (χ1v) is 15.2. The molecule has 0 spiro atoms. The van der Waals surface area contributed by atoms with Crippen molar-refractivity contribution in [2.75, 3.05) is 13.2 Å². The van der Waals surface area contributed by atoms with Crippen LogP contribution in [0.1, 0.15) is 107 Å². The number of nitrogens with zero attached hydrogens (tertiary/aromatic N) is 1. The van der Waals surface area contributed by atoms with Gasteiger partial charge in [0.15, 0.2) is 11.6 Å². The van der Waals surface area contributed by atoms with Gasteiger partial charge >= 0.3 is 0 Å². The number of carbonyl (C=O) groups is 3. The van der Waals surface area contributed by atoms with E-state index in [1.807, 2.05) is 26.0 Å². The molecule has 4 aliphatic carbocycles. The molecular formula is C34H50N2O4. The molecule has 220 valence electrons. The van der Waals surface area contributed by atoms with Crippen molar-refractivity contribution in [3.8, 4) is 6.07 Å². The van der Waals surface area contributed by atoms with Gasteiger partial charge in [0.05, 0.1) is 17.6 Å². The number of fused-ring (bicyclic) bond motifs is 2. The summed E-state index contributed by atoms with van der Waals surface area (Å²) in [6.07, 6.45) is 10.7. The van der Waals surface area contributed by atoms with Crippen molar-refractivity contribution in [2.45, 2.75) is 107 Å². The molecule has 0 saturated heterocycles. The molecule has 3 saturated carbocycles. The Morgan fingerprint density at radius 1 is 1.05 bits per heavy atom. The summed E-state index contributed by atoms with van der Waals surface area (Å²) in [4.78, 5) is 39.8. The van der Waals surface area contributed by atoms with E-state index in [2.05, 4.69) is 46.0 Å². The topological polar surface area (TPSA) is 107 Å². The monoisotopic (exact) mass is 550 g/mol.